The molecule has 2 heterocycles. The Balaban J connectivity index is 1.21. The highest BCUT2D eigenvalue weighted by molar-refractivity contribution is 7.93. The van der Waals surface area contributed by atoms with E-state index in [9.17, 15) is 12.8 Å². The topological polar surface area (TPSA) is 83.1 Å². The number of rotatable bonds is 11. The molecule has 1 aliphatic heterocycles. The van der Waals surface area contributed by atoms with Gasteiger partial charge in [0, 0.05) is 30.7 Å². The summed E-state index contributed by atoms with van der Waals surface area (Å²) in [7, 11) is -4.11. The SMILES string of the molecule is O=S(=O)(Nc1nccs1)c1cc(Cl)c(NCCCCCCC2NCc3ccccc32)cc1F. The largest absolute Gasteiger partial charge is 0.384 e. The highest BCUT2D eigenvalue weighted by atomic mass is 35.5. The summed E-state index contributed by atoms with van der Waals surface area (Å²) in [6.45, 7) is 1.58. The number of hydrogen-bond donors (Lipinski definition) is 3. The van der Waals surface area contributed by atoms with Crippen LogP contribution in [-0.4, -0.2) is 19.9 Å². The second-order valence-corrected chi connectivity index (χ2v) is 10.9. The molecule has 0 saturated heterocycles. The van der Waals surface area contributed by atoms with Crippen molar-refractivity contribution in [2.45, 2.75) is 49.6 Å². The molecule has 0 aliphatic carbocycles. The zero-order valence-corrected chi connectivity index (χ0v) is 20.4. The molecule has 0 spiro atoms. The van der Waals surface area contributed by atoms with Gasteiger partial charge in [-0.25, -0.2) is 17.8 Å². The normalized spacial score (nSPS) is 15.4. The van der Waals surface area contributed by atoms with E-state index in [0.717, 1.165) is 62.1 Å². The fourth-order valence-corrected chi connectivity index (χ4v) is 6.17. The molecule has 0 bridgehead atoms. The van der Waals surface area contributed by atoms with Crippen LogP contribution in [0, 0.1) is 5.82 Å². The lowest BCUT2D eigenvalue weighted by molar-refractivity contribution is 0.500. The van der Waals surface area contributed by atoms with E-state index in [-0.39, 0.29) is 10.2 Å². The minimum absolute atomic E-state index is 0.155. The zero-order valence-electron chi connectivity index (χ0n) is 18.0. The molecule has 0 amide bonds. The van der Waals surface area contributed by atoms with Crippen molar-refractivity contribution in [1.82, 2.24) is 10.3 Å². The Labute approximate surface area is 202 Å². The maximum atomic E-state index is 14.5. The molecule has 3 N–H and O–H groups in total. The van der Waals surface area contributed by atoms with Crippen LogP contribution >= 0.6 is 22.9 Å². The number of thiazole rings is 1. The Hall–Kier alpha value is -2.20. The van der Waals surface area contributed by atoms with Crippen molar-refractivity contribution < 1.29 is 12.8 Å². The Morgan fingerprint density at radius 3 is 2.82 bits per heavy atom. The quantitative estimate of drug-likeness (QED) is 0.279. The van der Waals surface area contributed by atoms with E-state index in [2.05, 4.69) is 44.6 Å². The van der Waals surface area contributed by atoms with Crippen LogP contribution < -0.4 is 15.4 Å². The maximum Gasteiger partial charge on any atom is 0.266 e. The van der Waals surface area contributed by atoms with Crippen LogP contribution in [0.25, 0.3) is 0 Å². The highest BCUT2D eigenvalue weighted by Crippen LogP contribution is 2.30. The minimum atomic E-state index is -4.11. The summed E-state index contributed by atoms with van der Waals surface area (Å²) < 4.78 is 41.7. The van der Waals surface area contributed by atoms with Gasteiger partial charge in [-0.1, -0.05) is 55.1 Å². The second kappa shape index (κ2) is 10.8. The first kappa shape index (κ1) is 23.9. The minimum Gasteiger partial charge on any atom is -0.384 e. The first-order chi connectivity index (χ1) is 15.9. The zero-order chi connectivity index (χ0) is 23.3. The van der Waals surface area contributed by atoms with Gasteiger partial charge in [-0.3, -0.25) is 4.72 Å². The molecular formula is C23H26ClFN4O2S2. The monoisotopic (exact) mass is 508 g/mol. The van der Waals surface area contributed by atoms with Gasteiger partial charge in [-0.2, -0.15) is 0 Å². The molecule has 0 fully saturated rings. The van der Waals surface area contributed by atoms with Crippen LogP contribution in [0.5, 0.6) is 0 Å². The van der Waals surface area contributed by atoms with Crippen molar-refractivity contribution in [2.24, 2.45) is 0 Å². The van der Waals surface area contributed by atoms with Gasteiger partial charge in [0.2, 0.25) is 0 Å². The van der Waals surface area contributed by atoms with E-state index in [0.29, 0.717) is 18.3 Å². The molecule has 176 valence electrons. The number of sulfonamides is 1. The van der Waals surface area contributed by atoms with Crippen molar-refractivity contribution in [3.8, 4) is 0 Å². The molecule has 6 nitrogen and oxygen atoms in total. The third-order valence-corrected chi connectivity index (χ3v) is 8.15. The number of hydrogen-bond acceptors (Lipinski definition) is 6. The third kappa shape index (κ3) is 6.03. The number of halogens is 2. The van der Waals surface area contributed by atoms with E-state index in [1.807, 2.05) is 0 Å². The van der Waals surface area contributed by atoms with Crippen molar-refractivity contribution in [2.75, 3.05) is 16.6 Å². The summed E-state index contributed by atoms with van der Waals surface area (Å²) in [6, 6.07) is 11.3. The molecule has 1 aromatic heterocycles. The van der Waals surface area contributed by atoms with E-state index in [4.69, 9.17) is 11.6 Å². The lowest BCUT2D eigenvalue weighted by atomic mass is 10.00. The van der Waals surface area contributed by atoms with Crippen LogP contribution in [0.15, 0.2) is 52.9 Å². The maximum absolute atomic E-state index is 14.5. The molecule has 1 atom stereocenters. The van der Waals surface area contributed by atoms with Gasteiger partial charge < -0.3 is 10.6 Å². The smallest absolute Gasteiger partial charge is 0.266 e. The van der Waals surface area contributed by atoms with Gasteiger partial charge >= 0.3 is 0 Å². The van der Waals surface area contributed by atoms with Gasteiger partial charge in [0.15, 0.2) is 5.13 Å². The van der Waals surface area contributed by atoms with Crippen molar-refractivity contribution in [3.63, 3.8) is 0 Å². The van der Waals surface area contributed by atoms with E-state index >= 15 is 0 Å². The van der Waals surface area contributed by atoms with E-state index < -0.39 is 20.7 Å². The predicted octanol–water partition coefficient (Wildman–Crippen LogP) is 5.94. The van der Waals surface area contributed by atoms with Gasteiger partial charge in [0.05, 0.1) is 10.7 Å². The number of anilines is 2. The van der Waals surface area contributed by atoms with Crippen LogP contribution in [0.3, 0.4) is 0 Å². The molecule has 10 heteroatoms. The van der Waals surface area contributed by atoms with Gasteiger partial charge in [0.1, 0.15) is 10.7 Å². The summed E-state index contributed by atoms with van der Waals surface area (Å²) in [5, 5.41) is 8.63. The van der Waals surface area contributed by atoms with Crippen molar-refractivity contribution in [1.29, 1.82) is 0 Å². The molecule has 0 radical (unpaired) electrons. The standard InChI is InChI=1S/C23H26ClFN4O2S2/c24-18-13-22(33(30,31)29-23-27-11-12-32-23)19(25)14-21(18)26-10-6-2-1-3-9-20-17-8-5-4-7-16(17)15-28-20/h4-5,7-8,11-14,20,26,28H,1-3,6,9-10,15H2,(H,27,29). The number of fused-ring (bicyclic) bond motifs is 1. The Morgan fingerprint density at radius 1 is 1.18 bits per heavy atom. The lowest BCUT2D eigenvalue weighted by Gasteiger charge is -2.13. The number of nitrogens with zero attached hydrogens (tertiary/aromatic N) is 1. The summed E-state index contributed by atoms with van der Waals surface area (Å²) in [4.78, 5) is 3.35. The summed E-state index contributed by atoms with van der Waals surface area (Å²) in [5.74, 6) is -0.865. The molecular weight excluding hydrogens is 483 g/mol. The fourth-order valence-electron chi connectivity index (χ4n) is 4.00. The number of unbranched alkanes of at least 4 members (excludes halogenated alkanes) is 3. The Morgan fingerprint density at radius 2 is 2.00 bits per heavy atom. The first-order valence-electron chi connectivity index (χ1n) is 10.9. The number of aromatic nitrogens is 1. The van der Waals surface area contributed by atoms with E-state index in [1.54, 1.807) is 5.38 Å². The molecule has 3 aromatic rings. The second-order valence-electron chi connectivity index (χ2n) is 7.97. The molecule has 1 unspecified atom stereocenters. The first-order valence-corrected chi connectivity index (χ1v) is 13.6. The van der Waals surface area contributed by atoms with Crippen LogP contribution in [0.2, 0.25) is 5.02 Å². The average Bonchev–Trinajstić information content (AvgIpc) is 3.44. The third-order valence-electron chi connectivity index (χ3n) is 5.67. The lowest BCUT2D eigenvalue weighted by Crippen LogP contribution is -2.15. The van der Waals surface area contributed by atoms with Crippen molar-refractivity contribution >= 4 is 43.8 Å². The number of benzene rings is 2. The highest BCUT2D eigenvalue weighted by Gasteiger charge is 2.23. The van der Waals surface area contributed by atoms with Gasteiger partial charge in [0.25, 0.3) is 10.0 Å². The fraction of sp³-hybridized carbons (Fsp3) is 0.348. The van der Waals surface area contributed by atoms with E-state index in [1.165, 1.54) is 17.3 Å². The number of nitrogens with one attached hydrogen (secondary N) is 3. The Bertz CT molecular complexity index is 1190. The summed E-state index contributed by atoms with van der Waals surface area (Å²) in [5.41, 5.74) is 3.20. The molecule has 4 rings (SSSR count). The summed E-state index contributed by atoms with van der Waals surface area (Å²) in [6.07, 6.45) is 6.80. The molecule has 1 aliphatic rings. The van der Waals surface area contributed by atoms with Crippen LogP contribution in [0.1, 0.15) is 49.3 Å². The average molecular weight is 509 g/mol. The summed E-state index contributed by atoms with van der Waals surface area (Å²) >= 11 is 7.33. The van der Waals surface area contributed by atoms with Crippen molar-refractivity contribution in [3.05, 3.63) is 69.9 Å². The molecule has 33 heavy (non-hydrogen) atoms. The van der Waals surface area contributed by atoms with Gasteiger partial charge in [-0.05, 0) is 36.1 Å². The van der Waals surface area contributed by atoms with Crippen LogP contribution in [-0.2, 0) is 16.6 Å². The van der Waals surface area contributed by atoms with Gasteiger partial charge in [-0.15, -0.1) is 11.3 Å². The predicted molar refractivity (Wildman–Crippen MR) is 132 cm³/mol. The molecule has 2 aromatic carbocycles. The Kier molecular flexibility index (Phi) is 7.85. The molecule has 0 saturated carbocycles. The van der Waals surface area contributed by atoms with Crippen LogP contribution in [0.4, 0.5) is 15.2 Å².